The summed E-state index contributed by atoms with van der Waals surface area (Å²) in [7, 11) is 1.38. The number of carbonyl (C=O) groups is 1. The number of nitrogens with zero attached hydrogens (tertiary/aromatic N) is 3. The van der Waals surface area contributed by atoms with Crippen LogP contribution < -0.4 is 4.90 Å². The number of alkyl halides is 2. The first kappa shape index (κ1) is 15.4. The van der Waals surface area contributed by atoms with Crippen molar-refractivity contribution in [3.63, 3.8) is 0 Å². The van der Waals surface area contributed by atoms with Crippen LogP contribution in [-0.2, 0) is 9.53 Å². The SMILES string of the molecule is COC(=O)C1CN(c2cnc(C(F)F)c(Cl)n2)CCC12CC2. The number of esters is 1. The molecule has 0 bridgehead atoms. The summed E-state index contributed by atoms with van der Waals surface area (Å²) >= 11 is 5.77. The smallest absolute Gasteiger partial charge is 0.311 e. The van der Waals surface area contributed by atoms with Crippen LogP contribution in [0.4, 0.5) is 14.6 Å². The van der Waals surface area contributed by atoms with Gasteiger partial charge in [0, 0.05) is 13.1 Å². The van der Waals surface area contributed by atoms with Crippen LogP contribution in [0.5, 0.6) is 0 Å². The minimum Gasteiger partial charge on any atom is -0.469 e. The highest BCUT2D eigenvalue weighted by Gasteiger charge is 2.55. The molecule has 1 aromatic rings. The quantitative estimate of drug-likeness (QED) is 0.797. The maximum atomic E-state index is 12.7. The van der Waals surface area contributed by atoms with Gasteiger partial charge < -0.3 is 9.64 Å². The molecule has 1 atom stereocenters. The van der Waals surface area contributed by atoms with Crippen molar-refractivity contribution in [1.29, 1.82) is 0 Å². The van der Waals surface area contributed by atoms with Crippen LogP contribution in [0.2, 0.25) is 5.15 Å². The standard InChI is InChI=1S/C14H16ClF2N3O2/c1-22-13(21)8-7-20(5-4-14(8)2-3-14)9-6-18-10(12(16)17)11(15)19-9/h6,8,12H,2-5,7H2,1H3. The normalized spacial score (nSPS) is 23.0. The van der Waals surface area contributed by atoms with E-state index in [0.717, 1.165) is 19.3 Å². The molecule has 0 N–H and O–H groups in total. The van der Waals surface area contributed by atoms with Crippen LogP contribution in [0, 0.1) is 11.3 Å². The predicted molar refractivity (Wildman–Crippen MR) is 76.0 cm³/mol. The Morgan fingerprint density at radius 1 is 1.50 bits per heavy atom. The minimum absolute atomic E-state index is 0.0454. The molecule has 5 nitrogen and oxygen atoms in total. The summed E-state index contributed by atoms with van der Waals surface area (Å²) in [4.78, 5) is 21.6. The third-order valence-corrected chi connectivity index (χ3v) is 4.95. The fourth-order valence-corrected chi connectivity index (χ4v) is 3.35. The van der Waals surface area contributed by atoms with E-state index in [1.54, 1.807) is 0 Å². The predicted octanol–water partition coefficient (Wildman–Crippen LogP) is 2.85. The second-order valence-electron chi connectivity index (χ2n) is 5.84. The van der Waals surface area contributed by atoms with Crippen LogP contribution in [0.1, 0.15) is 31.4 Å². The fourth-order valence-electron chi connectivity index (χ4n) is 3.14. The van der Waals surface area contributed by atoms with Crippen LogP contribution in [-0.4, -0.2) is 36.1 Å². The maximum Gasteiger partial charge on any atom is 0.311 e. The molecule has 3 rings (SSSR count). The van der Waals surface area contributed by atoms with E-state index < -0.39 is 12.1 Å². The van der Waals surface area contributed by atoms with Crippen molar-refractivity contribution in [1.82, 2.24) is 9.97 Å². The molecule has 1 aromatic heterocycles. The van der Waals surface area contributed by atoms with Gasteiger partial charge in [-0.05, 0) is 24.7 Å². The topological polar surface area (TPSA) is 55.3 Å². The van der Waals surface area contributed by atoms with Crippen molar-refractivity contribution in [3.8, 4) is 0 Å². The van der Waals surface area contributed by atoms with Crippen molar-refractivity contribution in [3.05, 3.63) is 17.0 Å². The lowest BCUT2D eigenvalue weighted by atomic mass is 9.82. The third-order valence-electron chi connectivity index (χ3n) is 4.67. The third kappa shape index (κ3) is 2.62. The number of carbonyl (C=O) groups excluding carboxylic acids is 1. The zero-order valence-electron chi connectivity index (χ0n) is 12.1. The van der Waals surface area contributed by atoms with Gasteiger partial charge in [-0.1, -0.05) is 11.6 Å². The minimum atomic E-state index is -2.76. The molecule has 0 amide bonds. The highest BCUT2D eigenvalue weighted by atomic mass is 35.5. The van der Waals surface area contributed by atoms with Crippen LogP contribution in [0.25, 0.3) is 0 Å². The van der Waals surface area contributed by atoms with Gasteiger partial charge >= 0.3 is 5.97 Å². The maximum absolute atomic E-state index is 12.7. The van der Waals surface area contributed by atoms with Gasteiger partial charge in [-0.2, -0.15) is 0 Å². The molecule has 1 unspecified atom stereocenters. The molecule has 0 aromatic carbocycles. The number of halogens is 3. The monoisotopic (exact) mass is 331 g/mol. The second-order valence-corrected chi connectivity index (χ2v) is 6.20. The summed E-state index contributed by atoms with van der Waals surface area (Å²) in [5.74, 6) is -0.0362. The van der Waals surface area contributed by atoms with Crippen LogP contribution in [0.15, 0.2) is 6.20 Å². The van der Waals surface area contributed by atoms with Crippen molar-refractivity contribution in [2.45, 2.75) is 25.7 Å². The number of hydrogen-bond donors (Lipinski definition) is 0. The van der Waals surface area contributed by atoms with Crippen molar-refractivity contribution in [2.75, 3.05) is 25.1 Å². The molecule has 2 aliphatic rings. The molecule has 1 spiro atoms. The van der Waals surface area contributed by atoms with Gasteiger partial charge in [0.1, 0.15) is 11.5 Å². The summed E-state index contributed by atoms with van der Waals surface area (Å²) in [5, 5.41) is -0.297. The molecule has 8 heteroatoms. The molecule has 1 saturated heterocycles. The molecule has 2 fully saturated rings. The number of methoxy groups -OCH3 is 1. The first-order valence-electron chi connectivity index (χ1n) is 7.10. The number of anilines is 1. The summed E-state index contributed by atoms with van der Waals surface area (Å²) in [5.41, 5.74) is -0.477. The van der Waals surface area contributed by atoms with E-state index in [4.69, 9.17) is 16.3 Å². The Bertz CT molecular complexity index is 595. The average Bonchev–Trinajstić information content (AvgIpc) is 3.26. The zero-order chi connectivity index (χ0) is 15.9. The van der Waals surface area contributed by atoms with E-state index in [1.165, 1.54) is 13.3 Å². The summed E-state index contributed by atoms with van der Waals surface area (Å²) < 4.78 is 30.2. The van der Waals surface area contributed by atoms with Gasteiger partial charge in [-0.15, -0.1) is 0 Å². The largest absolute Gasteiger partial charge is 0.469 e. The summed E-state index contributed by atoms with van der Waals surface area (Å²) in [6.07, 6.45) is 1.43. The Morgan fingerprint density at radius 2 is 2.23 bits per heavy atom. The molecular weight excluding hydrogens is 316 g/mol. The van der Waals surface area contributed by atoms with Gasteiger partial charge in [0.25, 0.3) is 6.43 Å². The van der Waals surface area contributed by atoms with Gasteiger partial charge in [-0.25, -0.2) is 18.7 Å². The van der Waals surface area contributed by atoms with Gasteiger partial charge in [-0.3, -0.25) is 4.79 Å². The lowest BCUT2D eigenvalue weighted by Crippen LogP contribution is -2.45. The van der Waals surface area contributed by atoms with Crippen molar-refractivity contribution in [2.24, 2.45) is 11.3 Å². The highest BCUT2D eigenvalue weighted by Crippen LogP contribution is 2.57. The highest BCUT2D eigenvalue weighted by molar-refractivity contribution is 6.30. The summed E-state index contributed by atoms with van der Waals surface area (Å²) in [6.45, 7) is 1.15. The molecule has 1 aliphatic carbocycles. The molecule has 120 valence electrons. The van der Waals surface area contributed by atoms with E-state index in [0.29, 0.717) is 18.9 Å². The Kier molecular flexibility index (Phi) is 3.92. The second kappa shape index (κ2) is 5.61. The number of hydrogen-bond acceptors (Lipinski definition) is 5. The summed E-state index contributed by atoms with van der Waals surface area (Å²) in [6, 6.07) is 0. The molecule has 22 heavy (non-hydrogen) atoms. The van der Waals surface area contributed by atoms with Crippen molar-refractivity contribution >= 4 is 23.4 Å². The van der Waals surface area contributed by atoms with Crippen LogP contribution in [0.3, 0.4) is 0 Å². The molecular formula is C14H16ClF2N3O2. The number of aromatic nitrogens is 2. The number of rotatable bonds is 3. The molecule has 0 radical (unpaired) electrons. The lowest BCUT2D eigenvalue weighted by molar-refractivity contribution is -0.148. The van der Waals surface area contributed by atoms with Gasteiger partial charge in [0.2, 0.25) is 0 Å². The van der Waals surface area contributed by atoms with E-state index in [-0.39, 0.29) is 22.5 Å². The average molecular weight is 332 g/mol. The van der Waals surface area contributed by atoms with Crippen LogP contribution >= 0.6 is 11.6 Å². The van der Waals surface area contributed by atoms with Gasteiger partial charge in [0.15, 0.2) is 5.15 Å². The molecule has 1 saturated carbocycles. The Morgan fingerprint density at radius 3 is 2.77 bits per heavy atom. The lowest BCUT2D eigenvalue weighted by Gasteiger charge is -2.38. The zero-order valence-corrected chi connectivity index (χ0v) is 12.8. The van der Waals surface area contributed by atoms with E-state index in [2.05, 4.69) is 9.97 Å². The Hall–Kier alpha value is -1.50. The van der Waals surface area contributed by atoms with E-state index in [1.807, 2.05) is 4.90 Å². The van der Waals surface area contributed by atoms with Gasteiger partial charge in [0.05, 0.1) is 19.2 Å². The first-order chi connectivity index (χ1) is 10.5. The van der Waals surface area contributed by atoms with Crippen molar-refractivity contribution < 1.29 is 18.3 Å². The molecule has 2 heterocycles. The Balaban J connectivity index is 1.81. The number of piperidine rings is 1. The Labute approximate surface area is 131 Å². The fraction of sp³-hybridized carbons (Fsp3) is 0.643. The first-order valence-corrected chi connectivity index (χ1v) is 7.48. The van der Waals surface area contributed by atoms with E-state index in [9.17, 15) is 13.6 Å². The molecule has 1 aliphatic heterocycles. The van der Waals surface area contributed by atoms with E-state index >= 15 is 0 Å². The number of ether oxygens (including phenoxy) is 1.